The van der Waals surface area contributed by atoms with Crippen LogP contribution in [0.5, 0.6) is 0 Å². The van der Waals surface area contributed by atoms with Gasteiger partial charge in [0.15, 0.2) is 0 Å². The van der Waals surface area contributed by atoms with Gasteiger partial charge in [-0.05, 0) is 90.8 Å². The number of hydrogen-bond acceptors (Lipinski definition) is 2. The lowest BCUT2D eigenvalue weighted by Crippen LogP contribution is -2.66. The summed E-state index contributed by atoms with van der Waals surface area (Å²) in [6.07, 6.45) is 12.4. The lowest BCUT2D eigenvalue weighted by Gasteiger charge is -2.72. The molecule has 32 heavy (non-hydrogen) atoms. The molecule has 0 radical (unpaired) electrons. The molecule has 182 valence electrons. The van der Waals surface area contributed by atoms with Gasteiger partial charge in [0.05, 0.1) is 0 Å². The van der Waals surface area contributed by atoms with E-state index in [1.54, 1.807) is 0 Å². The predicted octanol–water partition coefficient (Wildman–Crippen LogP) is 8.03. The summed E-state index contributed by atoms with van der Waals surface area (Å²) >= 11 is 0. The highest BCUT2D eigenvalue weighted by molar-refractivity contribution is 5.87. The van der Waals surface area contributed by atoms with Crippen molar-refractivity contribution in [2.75, 3.05) is 0 Å². The standard InChI is InChI=1S/C30H50O2/c1-20(2)21(31)12-17-28(6)24-11-10-23-27(5)16-9-15-26(3,4)22(27)13-18-29(23,7)30(24,8)19-14-25(28)32/h20,22-24H,9-19H2,1-8H3/t22-,23+,24+,27-,28+,29+,30+/m0/s1. The van der Waals surface area contributed by atoms with E-state index >= 15 is 0 Å². The largest absolute Gasteiger partial charge is 0.299 e. The minimum atomic E-state index is -0.324. The second-order valence-corrected chi connectivity index (χ2v) is 14.4. The van der Waals surface area contributed by atoms with E-state index < -0.39 is 0 Å². The molecule has 0 unspecified atom stereocenters. The first-order valence-corrected chi connectivity index (χ1v) is 13.8. The molecule has 0 heterocycles. The van der Waals surface area contributed by atoms with Crippen LogP contribution < -0.4 is 0 Å². The van der Waals surface area contributed by atoms with Crippen LogP contribution in [0.2, 0.25) is 0 Å². The summed E-state index contributed by atoms with van der Waals surface area (Å²) in [6.45, 7) is 19.1. The van der Waals surface area contributed by atoms with Crippen LogP contribution in [0.3, 0.4) is 0 Å². The van der Waals surface area contributed by atoms with Crippen LogP contribution in [0.4, 0.5) is 0 Å². The van der Waals surface area contributed by atoms with E-state index in [2.05, 4.69) is 41.5 Å². The second-order valence-electron chi connectivity index (χ2n) is 14.4. The Labute approximate surface area is 198 Å². The first kappa shape index (κ1) is 24.5. The summed E-state index contributed by atoms with van der Waals surface area (Å²) in [5.41, 5.74) is 1.08. The highest BCUT2D eigenvalue weighted by Gasteiger charge is 2.69. The van der Waals surface area contributed by atoms with Crippen molar-refractivity contribution in [2.24, 2.45) is 50.7 Å². The molecule has 0 aromatic rings. The minimum absolute atomic E-state index is 0.0711. The van der Waals surface area contributed by atoms with Crippen molar-refractivity contribution in [3.63, 3.8) is 0 Å². The number of carbonyl (C=O) groups excluding carboxylic acids is 2. The molecule has 0 aliphatic heterocycles. The lowest BCUT2D eigenvalue weighted by atomic mass is 9.32. The molecule has 4 aliphatic rings. The van der Waals surface area contributed by atoms with Gasteiger partial charge in [-0.2, -0.15) is 0 Å². The predicted molar refractivity (Wildman–Crippen MR) is 132 cm³/mol. The van der Waals surface area contributed by atoms with Crippen molar-refractivity contribution in [1.82, 2.24) is 0 Å². The normalized spacial score (nSPS) is 48.0. The third-order valence-electron chi connectivity index (χ3n) is 12.4. The van der Waals surface area contributed by atoms with Gasteiger partial charge < -0.3 is 0 Å². The number of hydrogen-bond donors (Lipinski definition) is 0. The summed E-state index contributed by atoms with van der Waals surface area (Å²) in [5.74, 6) is 2.86. The van der Waals surface area contributed by atoms with Crippen molar-refractivity contribution >= 4 is 11.6 Å². The summed E-state index contributed by atoms with van der Waals surface area (Å²) < 4.78 is 0. The highest BCUT2D eigenvalue weighted by Crippen LogP contribution is 2.75. The fourth-order valence-electron chi connectivity index (χ4n) is 10.4. The molecule has 0 saturated heterocycles. The Morgan fingerprint density at radius 3 is 2.12 bits per heavy atom. The minimum Gasteiger partial charge on any atom is -0.299 e. The second kappa shape index (κ2) is 7.67. The molecule has 7 atom stereocenters. The first-order chi connectivity index (χ1) is 14.7. The number of fused-ring (bicyclic) bond motifs is 5. The molecule has 4 fully saturated rings. The smallest absolute Gasteiger partial charge is 0.139 e. The summed E-state index contributed by atoms with van der Waals surface area (Å²) in [4.78, 5) is 25.9. The Morgan fingerprint density at radius 2 is 1.47 bits per heavy atom. The van der Waals surface area contributed by atoms with E-state index in [0.717, 1.165) is 24.7 Å². The van der Waals surface area contributed by atoms with Crippen molar-refractivity contribution in [1.29, 1.82) is 0 Å². The fraction of sp³-hybridized carbons (Fsp3) is 0.933. The van der Waals surface area contributed by atoms with Gasteiger partial charge >= 0.3 is 0 Å². The SMILES string of the molecule is CC(C)C(=O)CC[C@@]1(C)C(=O)CC[C@]2(C)[C@@H]1CC[C@@H]1[C@@]3(C)CCCC(C)(C)[C@@H]3CC[C@]12C. The number of rotatable bonds is 4. The van der Waals surface area contributed by atoms with Crippen molar-refractivity contribution in [3.05, 3.63) is 0 Å². The summed E-state index contributed by atoms with van der Waals surface area (Å²) in [6, 6.07) is 0. The number of Topliss-reactive ketones (excluding diaryl/α,β-unsaturated/α-hetero) is 2. The zero-order valence-electron chi connectivity index (χ0n) is 22.4. The van der Waals surface area contributed by atoms with Crippen LogP contribution in [0.25, 0.3) is 0 Å². The van der Waals surface area contributed by atoms with E-state index in [-0.39, 0.29) is 16.7 Å². The van der Waals surface area contributed by atoms with Gasteiger partial charge in [-0.1, -0.05) is 61.8 Å². The van der Waals surface area contributed by atoms with E-state index in [1.807, 2.05) is 13.8 Å². The Bertz CT molecular complexity index is 780. The summed E-state index contributed by atoms with van der Waals surface area (Å²) in [7, 11) is 0. The molecule has 2 heteroatoms. The van der Waals surface area contributed by atoms with Crippen LogP contribution in [-0.2, 0) is 9.59 Å². The lowest BCUT2D eigenvalue weighted by molar-refractivity contribution is -0.231. The third kappa shape index (κ3) is 3.24. The Hall–Kier alpha value is -0.660. The van der Waals surface area contributed by atoms with Crippen LogP contribution in [0, 0.1) is 50.7 Å². The van der Waals surface area contributed by atoms with Crippen LogP contribution in [0.1, 0.15) is 126 Å². The first-order valence-electron chi connectivity index (χ1n) is 13.8. The third-order valence-corrected chi connectivity index (χ3v) is 12.4. The number of carbonyl (C=O) groups is 2. The van der Waals surface area contributed by atoms with Gasteiger partial charge in [-0.3, -0.25) is 9.59 Å². The average Bonchev–Trinajstić information content (AvgIpc) is 2.69. The zero-order valence-corrected chi connectivity index (χ0v) is 22.4. The van der Waals surface area contributed by atoms with Gasteiger partial charge in [0.1, 0.15) is 11.6 Å². The van der Waals surface area contributed by atoms with Gasteiger partial charge in [-0.25, -0.2) is 0 Å². The average molecular weight is 443 g/mol. The molecule has 4 rings (SSSR count). The van der Waals surface area contributed by atoms with E-state index in [0.29, 0.717) is 46.6 Å². The van der Waals surface area contributed by atoms with Gasteiger partial charge in [0, 0.05) is 24.2 Å². The molecule has 0 bridgehead atoms. The Morgan fingerprint density at radius 1 is 0.844 bits per heavy atom. The quantitative estimate of drug-likeness (QED) is 0.441. The summed E-state index contributed by atoms with van der Waals surface area (Å²) in [5, 5.41) is 0. The van der Waals surface area contributed by atoms with Gasteiger partial charge in [0.2, 0.25) is 0 Å². The molecule has 2 nitrogen and oxygen atoms in total. The van der Waals surface area contributed by atoms with Crippen LogP contribution in [-0.4, -0.2) is 11.6 Å². The van der Waals surface area contributed by atoms with Gasteiger partial charge in [0.25, 0.3) is 0 Å². The molecule has 0 amide bonds. The maximum atomic E-state index is 13.4. The molecule has 4 aliphatic carbocycles. The van der Waals surface area contributed by atoms with E-state index in [4.69, 9.17) is 0 Å². The molecular weight excluding hydrogens is 392 g/mol. The molecule has 0 spiro atoms. The molecule has 4 saturated carbocycles. The molecule has 0 N–H and O–H groups in total. The fourth-order valence-corrected chi connectivity index (χ4v) is 10.4. The van der Waals surface area contributed by atoms with Crippen molar-refractivity contribution < 1.29 is 9.59 Å². The Kier molecular flexibility index (Phi) is 5.87. The van der Waals surface area contributed by atoms with Crippen LogP contribution in [0.15, 0.2) is 0 Å². The molecule has 0 aromatic heterocycles. The maximum Gasteiger partial charge on any atom is 0.139 e. The molecular formula is C30H50O2. The van der Waals surface area contributed by atoms with Crippen molar-refractivity contribution in [2.45, 2.75) is 126 Å². The van der Waals surface area contributed by atoms with Gasteiger partial charge in [-0.15, -0.1) is 0 Å². The van der Waals surface area contributed by atoms with E-state index in [1.165, 1.54) is 44.9 Å². The zero-order chi connectivity index (χ0) is 23.7. The molecule has 0 aromatic carbocycles. The topological polar surface area (TPSA) is 34.1 Å². The van der Waals surface area contributed by atoms with Crippen LogP contribution >= 0.6 is 0 Å². The monoisotopic (exact) mass is 442 g/mol. The highest BCUT2D eigenvalue weighted by atomic mass is 16.1. The van der Waals surface area contributed by atoms with E-state index in [9.17, 15) is 9.59 Å². The maximum absolute atomic E-state index is 13.4. The number of ketones is 2. The Balaban J connectivity index is 1.68. The van der Waals surface area contributed by atoms with Crippen molar-refractivity contribution in [3.8, 4) is 0 Å².